The number of imide groups is 3. The largest absolute Gasteiger partial charge is 0.443 e. The van der Waals surface area contributed by atoms with Crippen LogP contribution in [0.2, 0.25) is 0 Å². The quantitative estimate of drug-likeness (QED) is 0.526. The van der Waals surface area contributed by atoms with Crippen molar-refractivity contribution < 1.29 is 28.3 Å². The highest BCUT2D eigenvalue weighted by atomic mass is 19.1. The van der Waals surface area contributed by atoms with Crippen LogP contribution in [0.3, 0.4) is 0 Å². The van der Waals surface area contributed by atoms with E-state index < -0.39 is 47.1 Å². The molecule has 2 atom stereocenters. The SMILES string of the molecule is CC(C)(C)OC(=O)N1C(=O)C2CN(C(=O)c3cc(Cc4n[nH]c(=O)c5ccccc45)ccc3F)CC2C1=O. The number of H-pyrrole nitrogens is 1. The van der Waals surface area contributed by atoms with E-state index in [0.717, 1.165) is 0 Å². The summed E-state index contributed by atoms with van der Waals surface area (Å²) >= 11 is 0. The molecule has 2 aliphatic rings. The molecule has 196 valence electrons. The molecule has 0 saturated carbocycles. The van der Waals surface area contributed by atoms with Crippen LogP contribution in [0.4, 0.5) is 9.18 Å². The van der Waals surface area contributed by atoms with Crippen molar-refractivity contribution in [1.82, 2.24) is 20.0 Å². The van der Waals surface area contributed by atoms with E-state index in [2.05, 4.69) is 10.2 Å². The van der Waals surface area contributed by atoms with E-state index in [4.69, 9.17) is 4.74 Å². The summed E-state index contributed by atoms with van der Waals surface area (Å²) in [5.74, 6) is -4.67. The molecule has 1 N–H and O–H groups in total. The number of nitrogens with zero attached hydrogens (tertiary/aromatic N) is 3. The normalized spacial score (nSPS) is 19.3. The zero-order valence-corrected chi connectivity index (χ0v) is 21.0. The fourth-order valence-corrected chi connectivity index (χ4v) is 4.91. The van der Waals surface area contributed by atoms with Gasteiger partial charge >= 0.3 is 6.09 Å². The lowest BCUT2D eigenvalue weighted by Gasteiger charge is -2.24. The van der Waals surface area contributed by atoms with Gasteiger partial charge in [-0.2, -0.15) is 10.00 Å². The second-order valence-electron chi connectivity index (χ2n) is 10.5. The van der Waals surface area contributed by atoms with Crippen LogP contribution in [0.25, 0.3) is 10.8 Å². The molecule has 3 aromatic rings. The molecule has 10 nitrogen and oxygen atoms in total. The molecule has 0 radical (unpaired) electrons. The van der Waals surface area contributed by atoms with Crippen LogP contribution >= 0.6 is 0 Å². The molecule has 2 saturated heterocycles. The summed E-state index contributed by atoms with van der Waals surface area (Å²) in [6.45, 7) is 4.62. The highest BCUT2D eigenvalue weighted by Gasteiger charge is 2.56. The number of aromatic amines is 1. The van der Waals surface area contributed by atoms with Crippen LogP contribution in [-0.2, 0) is 20.7 Å². The van der Waals surface area contributed by atoms with Gasteiger partial charge in [-0.1, -0.05) is 24.3 Å². The van der Waals surface area contributed by atoms with Crippen molar-refractivity contribution in [3.05, 3.63) is 75.5 Å². The van der Waals surface area contributed by atoms with E-state index in [-0.39, 0.29) is 30.6 Å². The van der Waals surface area contributed by atoms with Gasteiger partial charge in [-0.05, 0) is 44.5 Å². The van der Waals surface area contributed by atoms with Crippen molar-refractivity contribution in [2.24, 2.45) is 11.8 Å². The molecule has 1 aromatic heterocycles. The number of rotatable bonds is 3. The first-order valence-corrected chi connectivity index (χ1v) is 12.1. The molecule has 2 aromatic carbocycles. The summed E-state index contributed by atoms with van der Waals surface area (Å²) in [5, 5.41) is 7.70. The van der Waals surface area contributed by atoms with Crippen LogP contribution in [0.5, 0.6) is 0 Å². The summed E-state index contributed by atoms with van der Waals surface area (Å²) in [4.78, 5) is 65.2. The lowest BCUT2D eigenvalue weighted by molar-refractivity contribution is -0.139. The Balaban J connectivity index is 1.35. The fraction of sp³-hybridized carbons (Fsp3) is 0.333. The molecule has 2 unspecified atom stereocenters. The van der Waals surface area contributed by atoms with Gasteiger partial charge in [0.25, 0.3) is 11.5 Å². The third-order valence-corrected chi connectivity index (χ3v) is 6.67. The zero-order valence-electron chi connectivity index (χ0n) is 21.0. The first-order chi connectivity index (χ1) is 17.9. The van der Waals surface area contributed by atoms with Crippen molar-refractivity contribution in [3.63, 3.8) is 0 Å². The number of carbonyl (C=O) groups excluding carboxylic acids is 4. The predicted octanol–water partition coefficient (Wildman–Crippen LogP) is 2.65. The smallest absolute Gasteiger partial charge is 0.424 e. The average molecular weight is 521 g/mol. The highest BCUT2D eigenvalue weighted by Crippen LogP contribution is 2.35. The molecule has 0 bridgehead atoms. The number of nitrogens with one attached hydrogen (secondary N) is 1. The fourth-order valence-electron chi connectivity index (χ4n) is 4.91. The minimum atomic E-state index is -1.04. The molecule has 2 aliphatic heterocycles. The average Bonchev–Trinajstić information content (AvgIpc) is 3.40. The van der Waals surface area contributed by atoms with E-state index in [1.54, 1.807) is 45.0 Å². The van der Waals surface area contributed by atoms with Crippen LogP contribution in [0, 0.1) is 17.7 Å². The number of fused-ring (bicyclic) bond motifs is 2. The number of hydrogen-bond donors (Lipinski definition) is 1. The number of amides is 4. The van der Waals surface area contributed by atoms with Crippen molar-refractivity contribution in [2.75, 3.05) is 13.1 Å². The standard InChI is InChI=1S/C27H25FN4O6/c1-27(2,3)38-26(37)32-24(35)18-12-31(13-19(18)25(32)36)23(34)17-10-14(8-9-20(17)28)11-21-15-6-4-5-7-16(15)22(33)30-29-21/h4-10,18-19H,11-13H2,1-3H3,(H,30,33). The Labute approximate surface area is 216 Å². The molecule has 0 aliphatic carbocycles. The van der Waals surface area contributed by atoms with E-state index >= 15 is 0 Å². The van der Waals surface area contributed by atoms with Crippen molar-refractivity contribution in [2.45, 2.75) is 32.8 Å². The van der Waals surface area contributed by atoms with Gasteiger partial charge in [0.2, 0.25) is 11.8 Å². The Morgan fingerprint density at radius 3 is 2.29 bits per heavy atom. The first-order valence-electron chi connectivity index (χ1n) is 12.1. The maximum absolute atomic E-state index is 14.8. The van der Waals surface area contributed by atoms with Gasteiger partial charge in [-0.15, -0.1) is 0 Å². The molecule has 5 rings (SSSR count). The summed E-state index contributed by atoms with van der Waals surface area (Å²) in [5.41, 5.74) is -0.286. The van der Waals surface area contributed by atoms with Gasteiger partial charge < -0.3 is 9.64 Å². The predicted molar refractivity (Wildman–Crippen MR) is 133 cm³/mol. The minimum absolute atomic E-state index is 0.122. The number of halogens is 1. The van der Waals surface area contributed by atoms with Crippen molar-refractivity contribution in [1.29, 1.82) is 0 Å². The van der Waals surface area contributed by atoms with Gasteiger partial charge in [-0.25, -0.2) is 14.3 Å². The molecule has 3 heterocycles. The van der Waals surface area contributed by atoms with Crippen LogP contribution in [-0.4, -0.2) is 62.5 Å². The van der Waals surface area contributed by atoms with E-state index in [1.807, 2.05) is 0 Å². The number of benzene rings is 2. The lowest BCUT2D eigenvalue weighted by atomic mass is 10.00. The summed E-state index contributed by atoms with van der Waals surface area (Å²) < 4.78 is 19.9. The van der Waals surface area contributed by atoms with Crippen LogP contribution in [0.15, 0.2) is 47.3 Å². The first kappa shape index (κ1) is 25.2. The number of likely N-dealkylation sites (tertiary alicyclic amines) is 2. The van der Waals surface area contributed by atoms with E-state index in [9.17, 15) is 28.4 Å². The van der Waals surface area contributed by atoms with Crippen molar-refractivity contribution >= 4 is 34.6 Å². The highest BCUT2D eigenvalue weighted by molar-refractivity contribution is 6.16. The van der Waals surface area contributed by atoms with Crippen LogP contribution in [0.1, 0.15) is 42.4 Å². The number of ether oxygens (including phenoxy) is 1. The molecule has 0 spiro atoms. The minimum Gasteiger partial charge on any atom is -0.443 e. The number of hydrogen-bond acceptors (Lipinski definition) is 7. The Morgan fingerprint density at radius 1 is 1.03 bits per heavy atom. The molecule has 2 fully saturated rings. The molecule has 38 heavy (non-hydrogen) atoms. The van der Waals surface area contributed by atoms with E-state index in [1.165, 1.54) is 23.1 Å². The molecule has 11 heteroatoms. The summed E-state index contributed by atoms with van der Waals surface area (Å²) in [7, 11) is 0. The molecular weight excluding hydrogens is 495 g/mol. The second-order valence-corrected chi connectivity index (χ2v) is 10.5. The Kier molecular flexibility index (Phi) is 6.09. The maximum atomic E-state index is 14.8. The maximum Gasteiger partial charge on any atom is 0.424 e. The molecular formula is C27H25FN4O6. The Hall–Kier alpha value is -4.41. The monoisotopic (exact) mass is 520 g/mol. The van der Waals surface area contributed by atoms with Gasteiger partial charge in [0.05, 0.1) is 28.5 Å². The number of carbonyl (C=O) groups is 4. The van der Waals surface area contributed by atoms with E-state index in [0.29, 0.717) is 26.9 Å². The summed E-state index contributed by atoms with van der Waals surface area (Å²) in [6.07, 6.45) is -0.813. The second kappa shape index (κ2) is 9.16. The van der Waals surface area contributed by atoms with Gasteiger partial charge in [0.1, 0.15) is 11.4 Å². The third kappa shape index (κ3) is 4.44. The number of aromatic nitrogens is 2. The summed E-state index contributed by atoms with van der Waals surface area (Å²) in [6, 6.07) is 11.1. The topological polar surface area (TPSA) is 130 Å². The van der Waals surface area contributed by atoms with Crippen LogP contribution < -0.4 is 5.56 Å². The Bertz CT molecular complexity index is 1540. The van der Waals surface area contributed by atoms with Crippen molar-refractivity contribution in [3.8, 4) is 0 Å². The van der Waals surface area contributed by atoms with Gasteiger partial charge in [0, 0.05) is 24.9 Å². The Morgan fingerprint density at radius 2 is 1.66 bits per heavy atom. The van der Waals surface area contributed by atoms with Gasteiger partial charge in [-0.3, -0.25) is 19.2 Å². The lowest BCUT2D eigenvalue weighted by Crippen LogP contribution is -2.44. The third-order valence-electron chi connectivity index (χ3n) is 6.67. The van der Waals surface area contributed by atoms with Gasteiger partial charge in [0.15, 0.2) is 0 Å². The zero-order chi connectivity index (χ0) is 27.4. The molecule has 4 amide bonds.